The first-order valence-corrected chi connectivity index (χ1v) is 15.3. The predicted octanol–water partition coefficient (Wildman–Crippen LogP) is 9.46. The summed E-state index contributed by atoms with van der Waals surface area (Å²) < 4.78 is 0. The van der Waals surface area contributed by atoms with E-state index in [1.807, 2.05) is 24.3 Å². The topological polar surface area (TPSA) is 52.0 Å². The predicted molar refractivity (Wildman–Crippen MR) is 179 cm³/mol. The van der Waals surface area contributed by atoms with Crippen molar-refractivity contribution in [3.63, 3.8) is 0 Å². The molecule has 2 nitrogen and oxygen atoms in total. The maximum Gasteiger partial charge on any atom is 0.0314 e. The summed E-state index contributed by atoms with van der Waals surface area (Å²) in [6.45, 7) is 18.6. The van der Waals surface area contributed by atoms with Gasteiger partial charge in [0.05, 0.1) is 0 Å². The van der Waals surface area contributed by atoms with Crippen LogP contribution in [0.25, 0.3) is 0 Å². The third kappa shape index (κ3) is 6.70. The molecule has 0 saturated heterocycles. The quantitative estimate of drug-likeness (QED) is 0.154. The smallest absolute Gasteiger partial charge is 0.0314 e. The Hall–Kier alpha value is -3.52. The van der Waals surface area contributed by atoms with Crippen LogP contribution >= 0.6 is 0 Å². The molecule has 4 aromatic rings. The van der Waals surface area contributed by atoms with E-state index in [0.29, 0.717) is 0 Å². The number of benzene rings is 4. The molecular weight excluding hydrogens is 496 g/mol. The standard InChI is InChI=1S/C39H50N2/c1-24-28(5)38(22-32-14-18-34(40)19-15-32)29(6)25(2)36(24)12-10-9-11-13-37-26(3)30(7)39(31(8)27(37)4)23-33-16-20-35(41)21-17-33/h14-21H,9-13,22-23,40-41H2,1-8H3. The van der Waals surface area contributed by atoms with Crippen molar-refractivity contribution in [1.29, 1.82) is 0 Å². The molecule has 216 valence electrons. The van der Waals surface area contributed by atoms with Gasteiger partial charge >= 0.3 is 0 Å². The van der Waals surface area contributed by atoms with Crippen LogP contribution < -0.4 is 11.5 Å². The molecule has 0 aromatic heterocycles. The van der Waals surface area contributed by atoms with Crippen molar-refractivity contribution in [2.24, 2.45) is 0 Å². The largest absolute Gasteiger partial charge is 0.399 e. The Morgan fingerprint density at radius 3 is 0.927 bits per heavy atom. The summed E-state index contributed by atoms with van der Waals surface area (Å²) in [4.78, 5) is 0. The molecule has 0 aliphatic rings. The minimum Gasteiger partial charge on any atom is -0.399 e. The summed E-state index contributed by atoms with van der Waals surface area (Å²) in [6, 6.07) is 16.7. The van der Waals surface area contributed by atoms with Crippen molar-refractivity contribution in [2.75, 3.05) is 11.5 Å². The maximum atomic E-state index is 5.91. The maximum absolute atomic E-state index is 5.91. The van der Waals surface area contributed by atoms with Crippen LogP contribution in [0, 0.1) is 55.4 Å². The van der Waals surface area contributed by atoms with Crippen LogP contribution in [0.4, 0.5) is 11.4 Å². The highest BCUT2D eigenvalue weighted by atomic mass is 14.5. The highest BCUT2D eigenvalue weighted by Crippen LogP contribution is 2.32. The fourth-order valence-electron chi connectivity index (χ4n) is 6.68. The molecule has 4 rings (SSSR count). The zero-order valence-electron chi connectivity index (χ0n) is 26.7. The first kappa shape index (κ1) is 30.4. The molecule has 0 fully saturated rings. The summed E-state index contributed by atoms with van der Waals surface area (Å²) >= 11 is 0. The number of hydrogen-bond donors (Lipinski definition) is 2. The van der Waals surface area contributed by atoms with Crippen molar-refractivity contribution in [3.05, 3.63) is 126 Å². The third-order valence-electron chi connectivity index (χ3n) is 9.95. The van der Waals surface area contributed by atoms with Crippen LogP contribution in [0.3, 0.4) is 0 Å². The molecule has 41 heavy (non-hydrogen) atoms. The van der Waals surface area contributed by atoms with Gasteiger partial charge < -0.3 is 11.5 Å². The van der Waals surface area contributed by atoms with Gasteiger partial charge in [-0.1, -0.05) is 30.7 Å². The van der Waals surface area contributed by atoms with E-state index >= 15 is 0 Å². The Morgan fingerprint density at radius 1 is 0.366 bits per heavy atom. The van der Waals surface area contributed by atoms with Gasteiger partial charge in [-0.15, -0.1) is 0 Å². The first-order chi connectivity index (χ1) is 19.5. The summed E-state index contributed by atoms with van der Waals surface area (Å²) in [7, 11) is 0. The van der Waals surface area contributed by atoms with Gasteiger partial charge in [-0.05, 0) is 196 Å². The second-order valence-corrected chi connectivity index (χ2v) is 12.3. The molecule has 0 aliphatic heterocycles. The first-order valence-electron chi connectivity index (χ1n) is 15.3. The number of nitrogens with two attached hydrogens (primary N) is 2. The van der Waals surface area contributed by atoms with Gasteiger partial charge in [-0.3, -0.25) is 0 Å². The number of unbranched alkanes of at least 4 members (excludes halogenated alkanes) is 2. The molecule has 4 N–H and O–H groups in total. The Bertz CT molecular complexity index is 1350. The lowest BCUT2D eigenvalue weighted by atomic mass is 9.83. The molecule has 0 unspecified atom stereocenters. The molecule has 0 bridgehead atoms. The minimum absolute atomic E-state index is 0.826. The van der Waals surface area contributed by atoms with E-state index in [9.17, 15) is 0 Å². The lowest BCUT2D eigenvalue weighted by molar-refractivity contribution is 0.671. The minimum atomic E-state index is 0.826. The zero-order chi connectivity index (χ0) is 29.8. The second kappa shape index (κ2) is 13.0. The Labute approximate surface area is 249 Å². The van der Waals surface area contributed by atoms with E-state index in [-0.39, 0.29) is 0 Å². The van der Waals surface area contributed by atoms with Crippen molar-refractivity contribution < 1.29 is 0 Å². The Balaban J connectivity index is 1.40. The van der Waals surface area contributed by atoms with E-state index in [1.165, 1.54) is 86.0 Å². The summed E-state index contributed by atoms with van der Waals surface area (Å²) in [6.07, 6.45) is 8.00. The molecule has 0 heterocycles. The number of rotatable bonds is 10. The molecule has 0 spiro atoms. The normalized spacial score (nSPS) is 11.3. The van der Waals surface area contributed by atoms with E-state index in [2.05, 4.69) is 79.7 Å². The van der Waals surface area contributed by atoms with Gasteiger partial charge in [-0.2, -0.15) is 0 Å². The highest BCUT2D eigenvalue weighted by Gasteiger charge is 2.17. The van der Waals surface area contributed by atoms with Gasteiger partial charge in [0, 0.05) is 11.4 Å². The fourth-order valence-corrected chi connectivity index (χ4v) is 6.68. The van der Waals surface area contributed by atoms with Crippen molar-refractivity contribution in [1.82, 2.24) is 0 Å². The van der Waals surface area contributed by atoms with Crippen LogP contribution in [0.15, 0.2) is 48.5 Å². The molecular formula is C39H50N2. The SMILES string of the molecule is Cc1c(C)c(Cc2ccc(N)cc2)c(C)c(C)c1CCCCCc1c(C)c(C)c(Cc2ccc(N)cc2)c(C)c1C. The van der Waals surface area contributed by atoms with E-state index < -0.39 is 0 Å². The highest BCUT2D eigenvalue weighted by molar-refractivity contribution is 5.53. The molecule has 2 heteroatoms. The number of anilines is 2. The molecule has 0 atom stereocenters. The molecule has 0 radical (unpaired) electrons. The second-order valence-electron chi connectivity index (χ2n) is 12.3. The van der Waals surface area contributed by atoms with Crippen LogP contribution in [0.1, 0.15) is 97.2 Å². The zero-order valence-corrected chi connectivity index (χ0v) is 26.7. The van der Waals surface area contributed by atoms with E-state index in [0.717, 1.165) is 37.1 Å². The molecule has 0 aliphatic carbocycles. The molecule has 0 saturated carbocycles. The van der Waals surface area contributed by atoms with Gasteiger partial charge in [0.2, 0.25) is 0 Å². The van der Waals surface area contributed by atoms with Gasteiger partial charge in [0.1, 0.15) is 0 Å². The van der Waals surface area contributed by atoms with Gasteiger partial charge in [-0.25, -0.2) is 0 Å². The average molecular weight is 547 g/mol. The fraction of sp³-hybridized carbons (Fsp3) is 0.385. The summed E-state index contributed by atoms with van der Waals surface area (Å²) in [5.74, 6) is 0. The van der Waals surface area contributed by atoms with Crippen molar-refractivity contribution >= 4 is 11.4 Å². The average Bonchev–Trinajstić information content (AvgIpc) is 2.96. The van der Waals surface area contributed by atoms with Crippen molar-refractivity contribution in [2.45, 2.75) is 100 Å². The Kier molecular flexibility index (Phi) is 9.64. The summed E-state index contributed by atoms with van der Waals surface area (Å²) in [5.41, 5.74) is 33.9. The van der Waals surface area contributed by atoms with Gasteiger partial charge in [0.25, 0.3) is 0 Å². The van der Waals surface area contributed by atoms with Crippen LogP contribution in [-0.2, 0) is 25.7 Å². The number of hydrogen-bond acceptors (Lipinski definition) is 2. The lowest BCUT2D eigenvalue weighted by Crippen LogP contribution is -2.07. The number of nitrogen functional groups attached to an aromatic ring is 2. The van der Waals surface area contributed by atoms with Crippen LogP contribution in [0.2, 0.25) is 0 Å². The third-order valence-corrected chi connectivity index (χ3v) is 9.95. The monoisotopic (exact) mass is 546 g/mol. The van der Waals surface area contributed by atoms with Crippen molar-refractivity contribution in [3.8, 4) is 0 Å². The van der Waals surface area contributed by atoms with Crippen LogP contribution in [-0.4, -0.2) is 0 Å². The van der Waals surface area contributed by atoms with Crippen LogP contribution in [0.5, 0.6) is 0 Å². The van der Waals surface area contributed by atoms with E-state index in [1.54, 1.807) is 11.1 Å². The lowest BCUT2D eigenvalue weighted by Gasteiger charge is -2.22. The summed E-state index contributed by atoms with van der Waals surface area (Å²) in [5, 5.41) is 0. The Morgan fingerprint density at radius 2 is 0.634 bits per heavy atom. The molecule has 4 aromatic carbocycles. The molecule has 0 amide bonds. The van der Waals surface area contributed by atoms with E-state index in [4.69, 9.17) is 11.5 Å². The van der Waals surface area contributed by atoms with Gasteiger partial charge in [0.15, 0.2) is 0 Å².